The average Bonchev–Trinajstić information content (AvgIpc) is 2.37. The topological polar surface area (TPSA) is 64.3 Å². The SMILES string of the molecule is COCCC(C)(C)CNC(=O)c1ccc(N)c(Br)c1. The van der Waals surface area contributed by atoms with E-state index in [9.17, 15) is 4.79 Å². The number of hydrogen-bond acceptors (Lipinski definition) is 3. The van der Waals surface area contributed by atoms with Crippen LogP contribution >= 0.6 is 15.9 Å². The molecule has 1 rings (SSSR count). The van der Waals surface area contributed by atoms with Gasteiger partial charge in [-0.1, -0.05) is 13.8 Å². The van der Waals surface area contributed by atoms with E-state index < -0.39 is 0 Å². The Hall–Kier alpha value is -1.07. The van der Waals surface area contributed by atoms with Crippen molar-refractivity contribution >= 4 is 27.5 Å². The Balaban J connectivity index is 2.57. The Labute approximate surface area is 122 Å². The van der Waals surface area contributed by atoms with E-state index in [0.29, 0.717) is 24.4 Å². The molecule has 106 valence electrons. The van der Waals surface area contributed by atoms with Gasteiger partial charge in [-0.15, -0.1) is 0 Å². The van der Waals surface area contributed by atoms with Gasteiger partial charge in [0, 0.05) is 36.0 Å². The van der Waals surface area contributed by atoms with Crippen LogP contribution in [0.4, 0.5) is 5.69 Å². The molecule has 19 heavy (non-hydrogen) atoms. The number of hydrogen-bond donors (Lipinski definition) is 2. The van der Waals surface area contributed by atoms with E-state index in [2.05, 4.69) is 35.1 Å². The molecule has 1 aromatic carbocycles. The van der Waals surface area contributed by atoms with Crippen molar-refractivity contribution in [3.05, 3.63) is 28.2 Å². The first-order valence-corrected chi connectivity index (χ1v) is 6.97. The fourth-order valence-electron chi connectivity index (χ4n) is 1.56. The lowest BCUT2D eigenvalue weighted by Gasteiger charge is -2.24. The zero-order valence-electron chi connectivity index (χ0n) is 11.6. The molecule has 0 aliphatic rings. The first-order valence-electron chi connectivity index (χ1n) is 6.18. The minimum absolute atomic E-state index is 0.0106. The van der Waals surface area contributed by atoms with Gasteiger partial charge in [-0.2, -0.15) is 0 Å². The van der Waals surface area contributed by atoms with Crippen LogP contribution in [0.15, 0.2) is 22.7 Å². The summed E-state index contributed by atoms with van der Waals surface area (Å²) in [6, 6.07) is 5.17. The number of anilines is 1. The molecule has 0 aromatic heterocycles. The van der Waals surface area contributed by atoms with Crippen LogP contribution in [0.3, 0.4) is 0 Å². The number of nitrogen functional groups attached to an aromatic ring is 1. The van der Waals surface area contributed by atoms with Crippen LogP contribution < -0.4 is 11.1 Å². The molecule has 0 aliphatic carbocycles. The van der Waals surface area contributed by atoms with Gasteiger partial charge in [0.25, 0.3) is 5.91 Å². The molecule has 0 unspecified atom stereocenters. The zero-order chi connectivity index (χ0) is 14.5. The zero-order valence-corrected chi connectivity index (χ0v) is 13.2. The second-order valence-electron chi connectivity index (χ2n) is 5.33. The number of methoxy groups -OCH3 is 1. The number of benzene rings is 1. The van der Waals surface area contributed by atoms with Crippen molar-refractivity contribution < 1.29 is 9.53 Å². The largest absolute Gasteiger partial charge is 0.398 e. The summed E-state index contributed by atoms with van der Waals surface area (Å²) >= 11 is 3.32. The number of ether oxygens (including phenoxy) is 1. The van der Waals surface area contributed by atoms with E-state index in [4.69, 9.17) is 10.5 Å². The highest BCUT2D eigenvalue weighted by Crippen LogP contribution is 2.21. The molecule has 0 spiro atoms. The molecule has 0 aliphatic heterocycles. The summed E-state index contributed by atoms with van der Waals surface area (Å²) in [6.45, 7) is 5.50. The predicted molar refractivity (Wildman–Crippen MR) is 81.2 cm³/mol. The second kappa shape index (κ2) is 6.91. The Morgan fingerprint density at radius 1 is 1.47 bits per heavy atom. The van der Waals surface area contributed by atoms with E-state index in [1.165, 1.54) is 0 Å². The van der Waals surface area contributed by atoms with Gasteiger partial charge >= 0.3 is 0 Å². The molecule has 5 heteroatoms. The first kappa shape index (κ1) is 16.0. The number of carbonyl (C=O) groups is 1. The average molecular weight is 329 g/mol. The van der Waals surface area contributed by atoms with Crippen molar-refractivity contribution in [3.63, 3.8) is 0 Å². The quantitative estimate of drug-likeness (QED) is 0.789. The molecule has 0 atom stereocenters. The number of halogens is 1. The number of nitrogens with one attached hydrogen (secondary N) is 1. The van der Waals surface area contributed by atoms with Crippen molar-refractivity contribution in [1.29, 1.82) is 0 Å². The molecule has 4 nitrogen and oxygen atoms in total. The summed E-state index contributed by atoms with van der Waals surface area (Å²) < 4.78 is 5.80. The molecule has 0 saturated heterocycles. The summed E-state index contributed by atoms with van der Waals surface area (Å²) in [4.78, 5) is 12.0. The third kappa shape index (κ3) is 5.20. The lowest BCUT2D eigenvalue weighted by molar-refractivity contribution is 0.0921. The summed E-state index contributed by atoms with van der Waals surface area (Å²) in [5.41, 5.74) is 6.93. The highest BCUT2D eigenvalue weighted by Gasteiger charge is 2.19. The van der Waals surface area contributed by atoms with Crippen LogP contribution in [0.5, 0.6) is 0 Å². The molecule has 1 aromatic rings. The molecule has 0 radical (unpaired) electrons. The number of carbonyl (C=O) groups excluding carboxylic acids is 1. The maximum absolute atomic E-state index is 12.0. The Morgan fingerprint density at radius 3 is 2.74 bits per heavy atom. The van der Waals surface area contributed by atoms with Gasteiger partial charge in [0.05, 0.1) is 0 Å². The minimum atomic E-state index is -0.0915. The number of amides is 1. The highest BCUT2D eigenvalue weighted by atomic mass is 79.9. The fourth-order valence-corrected chi connectivity index (χ4v) is 1.94. The van der Waals surface area contributed by atoms with Gasteiger partial charge in [0.1, 0.15) is 0 Å². The van der Waals surface area contributed by atoms with Crippen LogP contribution in [0.25, 0.3) is 0 Å². The third-order valence-electron chi connectivity index (χ3n) is 2.97. The van der Waals surface area contributed by atoms with E-state index in [0.717, 1.165) is 10.9 Å². The molecule has 0 fully saturated rings. The lowest BCUT2D eigenvalue weighted by Crippen LogP contribution is -2.34. The maximum Gasteiger partial charge on any atom is 0.251 e. The summed E-state index contributed by atoms with van der Waals surface area (Å²) in [5.74, 6) is -0.0915. The first-order chi connectivity index (χ1) is 8.85. The van der Waals surface area contributed by atoms with Crippen molar-refractivity contribution in [2.24, 2.45) is 5.41 Å². The van der Waals surface area contributed by atoms with Crippen LogP contribution in [0, 0.1) is 5.41 Å². The van der Waals surface area contributed by atoms with E-state index in [-0.39, 0.29) is 11.3 Å². The summed E-state index contributed by atoms with van der Waals surface area (Å²) in [7, 11) is 1.68. The van der Waals surface area contributed by atoms with Crippen molar-refractivity contribution in [3.8, 4) is 0 Å². The van der Waals surface area contributed by atoms with Gasteiger partial charge in [-0.3, -0.25) is 4.79 Å². The van der Waals surface area contributed by atoms with Gasteiger partial charge in [-0.05, 0) is 46.0 Å². The van der Waals surface area contributed by atoms with Crippen molar-refractivity contribution in [2.45, 2.75) is 20.3 Å². The van der Waals surface area contributed by atoms with Gasteiger partial charge in [0.15, 0.2) is 0 Å². The Kier molecular flexibility index (Phi) is 5.82. The smallest absolute Gasteiger partial charge is 0.251 e. The standard InChI is InChI=1S/C14H21BrN2O2/c1-14(2,6-7-19-3)9-17-13(18)10-4-5-12(16)11(15)8-10/h4-5,8H,6-7,9,16H2,1-3H3,(H,17,18). The second-order valence-corrected chi connectivity index (χ2v) is 6.18. The van der Waals surface area contributed by atoms with Crippen molar-refractivity contribution in [1.82, 2.24) is 5.32 Å². The monoisotopic (exact) mass is 328 g/mol. The van der Waals surface area contributed by atoms with Gasteiger partial charge in [0.2, 0.25) is 0 Å². The fraction of sp³-hybridized carbons (Fsp3) is 0.500. The molecular weight excluding hydrogens is 308 g/mol. The van der Waals surface area contributed by atoms with Crippen LogP contribution in [0.1, 0.15) is 30.6 Å². The van der Waals surface area contributed by atoms with Crippen LogP contribution in [0.2, 0.25) is 0 Å². The molecule has 3 N–H and O–H groups in total. The summed E-state index contributed by atoms with van der Waals surface area (Å²) in [5, 5.41) is 2.94. The predicted octanol–water partition coefficient (Wildman–Crippen LogP) is 2.82. The van der Waals surface area contributed by atoms with Crippen LogP contribution in [-0.2, 0) is 4.74 Å². The number of nitrogens with two attached hydrogens (primary N) is 1. The minimum Gasteiger partial charge on any atom is -0.398 e. The van der Waals surface area contributed by atoms with Crippen molar-refractivity contribution in [2.75, 3.05) is 26.0 Å². The van der Waals surface area contributed by atoms with Crippen LogP contribution in [-0.4, -0.2) is 26.2 Å². The third-order valence-corrected chi connectivity index (χ3v) is 3.66. The van der Waals surface area contributed by atoms with E-state index >= 15 is 0 Å². The van der Waals surface area contributed by atoms with E-state index in [1.54, 1.807) is 25.3 Å². The lowest BCUT2D eigenvalue weighted by atomic mass is 9.89. The van der Waals surface area contributed by atoms with Gasteiger partial charge < -0.3 is 15.8 Å². The Bertz CT molecular complexity index is 447. The molecule has 0 saturated carbocycles. The number of rotatable bonds is 6. The molecule has 0 heterocycles. The molecule has 0 bridgehead atoms. The highest BCUT2D eigenvalue weighted by molar-refractivity contribution is 9.10. The van der Waals surface area contributed by atoms with Gasteiger partial charge in [-0.25, -0.2) is 0 Å². The normalized spacial score (nSPS) is 11.4. The summed E-state index contributed by atoms with van der Waals surface area (Å²) in [6.07, 6.45) is 0.898. The molecular formula is C14H21BrN2O2. The van der Waals surface area contributed by atoms with E-state index in [1.807, 2.05) is 0 Å². The maximum atomic E-state index is 12.0. The molecule has 1 amide bonds. The Morgan fingerprint density at radius 2 is 2.16 bits per heavy atom.